The molecule has 4 bridgehead atoms. The van der Waals surface area contributed by atoms with Gasteiger partial charge in [0.25, 0.3) is 0 Å². The van der Waals surface area contributed by atoms with E-state index in [1.807, 2.05) is 12.1 Å². The number of benzene rings is 2. The van der Waals surface area contributed by atoms with E-state index in [0.29, 0.717) is 12.8 Å². The first-order valence-electron chi connectivity index (χ1n) is 14.5. The Morgan fingerprint density at radius 3 is 2.35 bits per heavy atom. The van der Waals surface area contributed by atoms with Gasteiger partial charge in [-0.05, 0) is 115 Å². The monoisotopic (exact) mass is 554 g/mol. The highest BCUT2D eigenvalue weighted by Crippen LogP contribution is 2.57. The molecular formula is C34H35ClN2O3. The van der Waals surface area contributed by atoms with Crippen molar-refractivity contribution in [2.24, 2.45) is 17.8 Å². The fourth-order valence-electron chi connectivity index (χ4n) is 9.13. The maximum absolute atomic E-state index is 13.4. The number of amides is 1. The molecule has 0 aromatic heterocycles. The largest absolute Gasteiger partial charge is 0.467 e. The number of terminal acetylenes is 1. The highest BCUT2D eigenvalue weighted by molar-refractivity contribution is 6.27. The zero-order chi connectivity index (χ0) is 27.6. The summed E-state index contributed by atoms with van der Waals surface area (Å²) in [6.07, 6.45) is 14.9. The van der Waals surface area contributed by atoms with Crippen molar-refractivity contribution in [3.63, 3.8) is 0 Å². The van der Waals surface area contributed by atoms with Crippen molar-refractivity contribution >= 4 is 34.7 Å². The van der Waals surface area contributed by atoms with Crippen molar-refractivity contribution in [1.29, 1.82) is 0 Å². The lowest BCUT2D eigenvalue weighted by Gasteiger charge is -2.57. The average molecular weight is 555 g/mol. The highest BCUT2D eigenvalue weighted by atomic mass is 35.5. The molecule has 1 heterocycles. The zero-order valence-corrected chi connectivity index (χ0v) is 23.7. The van der Waals surface area contributed by atoms with Crippen LogP contribution in [0, 0.1) is 30.1 Å². The van der Waals surface area contributed by atoms with E-state index < -0.39 is 18.1 Å². The molecule has 2 aromatic rings. The van der Waals surface area contributed by atoms with Crippen LogP contribution in [0.1, 0.15) is 73.2 Å². The molecule has 206 valence electrons. The quantitative estimate of drug-likeness (QED) is 0.275. The molecule has 5 nitrogen and oxygen atoms in total. The Kier molecular flexibility index (Phi) is 6.24. The van der Waals surface area contributed by atoms with E-state index in [4.69, 9.17) is 22.8 Å². The summed E-state index contributed by atoms with van der Waals surface area (Å²) in [6.45, 7) is 0. The predicted molar refractivity (Wildman–Crippen MR) is 157 cm³/mol. The Morgan fingerprint density at radius 1 is 1.07 bits per heavy atom. The van der Waals surface area contributed by atoms with Crippen molar-refractivity contribution in [3.8, 4) is 12.3 Å². The number of rotatable bonds is 5. The Balaban J connectivity index is 1.26. The van der Waals surface area contributed by atoms with Crippen LogP contribution in [0.25, 0.3) is 5.57 Å². The summed E-state index contributed by atoms with van der Waals surface area (Å²) in [4.78, 5) is 28.1. The van der Waals surface area contributed by atoms with Crippen LogP contribution in [0.15, 0.2) is 48.0 Å². The number of methoxy groups -OCH3 is 1. The number of ether oxygens (including phenoxy) is 1. The summed E-state index contributed by atoms with van der Waals surface area (Å²) in [5.41, 5.74) is 7.57. The maximum atomic E-state index is 13.4. The van der Waals surface area contributed by atoms with Crippen molar-refractivity contribution in [3.05, 3.63) is 70.3 Å². The van der Waals surface area contributed by atoms with Crippen LogP contribution < -0.4 is 5.32 Å². The minimum atomic E-state index is -0.759. The number of hydrogen-bond donors (Lipinski definition) is 1. The van der Waals surface area contributed by atoms with E-state index in [1.165, 1.54) is 45.6 Å². The number of halogens is 1. The van der Waals surface area contributed by atoms with Crippen LogP contribution in [-0.2, 0) is 20.7 Å². The standard InChI is InChI=1S/C34H35ClN2O3/c1-3-20-4-5-25-14-29-28(27(25)13-20)15-30(33(39)40-2)37(31(38)19-35)32(29)24-6-8-26(9-7-24)36-34-16-21-10-22(17-34)12-23(11-21)18-34/h1,4-9,13,21-23,30,32,36H,10-12,14-19H2,2H3/t21?,22?,23?,30?,32-,34?/m0/s1. The van der Waals surface area contributed by atoms with Gasteiger partial charge in [0.15, 0.2) is 0 Å². The van der Waals surface area contributed by atoms with Crippen LogP contribution in [0.3, 0.4) is 0 Å². The third-order valence-corrected chi connectivity index (χ3v) is 10.5. The average Bonchev–Trinajstić information content (AvgIpc) is 3.32. The van der Waals surface area contributed by atoms with Crippen LogP contribution in [-0.4, -0.2) is 41.3 Å². The van der Waals surface area contributed by atoms with E-state index >= 15 is 0 Å². The molecule has 8 rings (SSSR count). The molecule has 6 aliphatic rings. The summed E-state index contributed by atoms with van der Waals surface area (Å²) in [5, 5.41) is 3.96. The first kappa shape index (κ1) is 25.7. The van der Waals surface area contributed by atoms with Crippen molar-refractivity contribution < 1.29 is 14.3 Å². The molecule has 1 amide bonds. The first-order valence-corrected chi connectivity index (χ1v) is 15.1. The molecule has 1 unspecified atom stereocenters. The van der Waals surface area contributed by atoms with Crippen LogP contribution >= 0.6 is 11.6 Å². The predicted octanol–water partition coefficient (Wildman–Crippen LogP) is 6.11. The Hall–Kier alpha value is -3.23. The third-order valence-electron chi connectivity index (χ3n) is 10.3. The molecule has 4 fully saturated rings. The number of carbonyl (C=O) groups is 2. The molecule has 1 N–H and O–H groups in total. The summed E-state index contributed by atoms with van der Waals surface area (Å²) in [6, 6.07) is 13.4. The van der Waals surface area contributed by atoms with E-state index in [2.05, 4.69) is 41.6 Å². The summed E-state index contributed by atoms with van der Waals surface area (Å²) in [7, 11) is 1.37. The molecular weight excluding hydrogens is 520 g/mol. The van der Waals surface area contributed by atoms with Crippen molar-refractivity contribution in [2.45, 2.75) is 69.0 Å². The second-order valence-electron chi connectivity index (χ2n) is 12.7. The first-order chi connectivity index (χ1) is 19.4. The molecule has 0 radical (unpaired) electrons. The van der Waals surface area contributed by atoms with Crippen LogP contribution in [0.4, 0.5) is 5.69 Å². The maximum Gasteiger partial charge on any atom is 0.328 e. The smallest absolute Gasteiger partial charge is 0.328 e. The topological polar surface area (TPSA) is 58.6 Å². The van der Waals surface area contributed by atoms with Crippen molar-refractivity contribution in [2.75, 3.05) is 18.3 Å². The SMILES string of the molecule is C#Cc1ccc2c(c1)C1=C(C2)[C@H](c2ccc(NC34CC5CC(CC(C5)C3)C4)cc2)N(C(=O)CCl)C(C(=O)OC)C1. The number of carbonyl (C=O) groups excluding carboxylic acids is 2. The molecule has 6 heteroatoms. The van der Waals surface area contributed by atoms with E-state index in [0.717, 1.165) is 56.8 Å². The lowest BCUT2D eigenvalue weighted by Crippen LogP contribution is -2.54. The van der Waals surface area contributed by atoms with E-state index in [9.17, 15) is 9.59 Å². The molecule has 2 aromatic carbocycles. The van der Waals surface area contributed by atoms with Gasteiger partial charge in [-0.3, -0.25) is 4.79 Å². The molecule has 40 heavy (non-hydrogen) atoms. The van der Waals surface area contributed by atoms with Gasteiger partial charge in [0.1, 0.15) is 11.9 Å². The number of nitrogens with zero attached hydrogens (tertiary/aromatic N) is 1. The summed E-state index contributed by atoms with van der Waals surface area (Å²) in [5.74, 6) is 4.43. The minimum absolute atomic E-state index is 0.202. The minimum Gasteiger partial charge on any atom is -0.467 e. The molecule has 5 aliphatic carbocycles. The second-order valence-corrected chi connectivity index (χ2v) is 13.0. The number of fused-ring (bicyclic) bond motifs is 2. The van der Waals surface area contributed by atoms with Gasteiger partial charge < -0.3 is 15.0 Å². The number of esters is 1. The second kappa shape index (κ2) is 9.70. The summed E-state index contributed by atoms with van der Waals surface area (Å²) >= 11 is 6.13. The summed E-state index contributed by atoms with van der Waals surface area (Å²) < 4.78 is 5.19. The van der Waals surface area contributed by atoms with E-state index in [-0.39, 0.29) is 17.3 Å². The lowest BCUT2D eigenvalue weighted by atomic mass is 9.53. The van der Waals surface area contributed by atoms with E-state index in [1.54, 1.807) is 4.90 Å². The van der Waals surface area contributed by atoms with Gasteiger partial charge in [-0.25, -0.2) is 4.79 Å². The third kappa shape index (κ3) is 4.15. The van der Waals surface area contributed by atoms with Gasteiger partial charge in [-0.15, -0.1) is 18.0 Å². The van der Waals surface area contributed by atoms with Gasteiger partial charge in [0, 0.05) is 23.2 Å². The number of alkyl halides is 1. The van der Waals surface area contributed by atoms with Crippen molar-refractivity contribution in [1.82, 2.24) is 4.90 Å². The lowest BCUT2D eigenvalue weighted by molar-refractivity contribution is -0.153. The Labute approximate surface area is 241 Å². The van der Waals surface area contributed by atoms with Gasteiger partial charge in [-0.1, -0.05) is 24.1 Å². The number of nitrogens with one attached hydrogen (secondary N) is 1. The van der Waals surface area contributed by atoms with Gasteiger partial charge in [-0.2, -0.15) is 0 Å². The molecule has 4 saturated carbocycles. The fraction of sp³-hybridized carbons (Fsp3) is 0.471. The van der Waals surface area contributed by atoms with Crippen LogP contribution in [0.2, 0.25) is 0 Å². The normalized spacial score (nSPS) is 31.4. The van der Waals surface area contributed by atoms with Gasteiger partial charge in [0.2, 0.25) is 5.91 Å². The van der Waals surface area contributed by atoms with Gasteiger partial charge in [0.05, 0.1) is 13.2 Å². The highest BCUT2D eigenvalue weighted by Gasteiger charge is 2.51. The molecule has 2 atom stereocenters. The molecule has 1 aliphatic heterocycles. The van der Waals surface area contributed by atoms with Gasteiger partial charge >= 0.3 is 5.97 Å². The molecule has 0 saturated heterocycles. The number of hydrogen-bond acceptors (Lipinski definition) is 4. The van der Waals surface area contributed by atoms with Crippen LogP contribution in [0.5, 0.6) is 0 Å². The fourth-order valence-corrected chi connectivity index (χ4v) is 9.27. The Morgan fingerprint density at radius 2 is 1.75 bits per heavy atom. The Bertz CT molecular complexity index is 1420. The molecule has 0 spiro atoms. The number of anilines is 1. The zero-order valence-electron chi connectivity index (χ0n) is 22.9.